The monoisotopic (exact) mass is 385 g/mol. The normalized spacial score (nSPS) is 20.3. The Balaban J connectivity index is 1.27. The van der Waals surface area contributed by atoms with Crippen LogP contribution in [0.3, 0.4) is 0 Å². The van der Waals surface area contributed by atoms with Crippen molar-refractivity contribution in [1.82, 2.24) is 10.3 Å². The van der Waals surface area contributed by atoms with Crippen LogP contribution in [0.5, 0.6) is 5.75 Å². The number of para-hydroxylation sites is 1. The highest BCUT2D eigenvalue weighted by molar-refractivity contribution is 5.64. The molecule has 2 N–H and O–H groups in total. The van der Waals surface area contributed by atoms with E-state index in [4.69, 9.17) is 4.74 Å². The minimum Gasteiger partial charge on any atom is -0.490 e. The van der Waals surface area contributed by atoms with Crippen LogP contribution in [0.15, 0.2) is 67.0 Å². The highest BCUT2D eigenvalue weighted by atomic mass is 16.5. The van der Waals surface area contributed by atoms with Gasteiger partial charge in [0.15, 0.2) is 0 Å². The van der Waals surface area contributed by atoms with Crippen LogP contribution in [0.4, 0.5) is 5.69 Å². The fourth-order valence-electron chi connectivity index (χ4n) is 4.16. The van der Waals surface area contributed by atoms with Crippen LogP contribution in [0.1, 0.15) is 24.0 Å². The zero-order valence-corrected chi connectivity index (χ0v) is 16.6. The Hall–Kier alpha value is -2.85. The van der Waals surface area contributed by atoms with Crippen LogP contribution >= 0.6 is 0 Å². The van der Waals surface area contributed by atoms with E-state index in [0.717, 1.165) is 30.7 Å². The molecule has 0 unspecified atom stereocenters. The smallest absolute Gasteiger partial charge is 0.138 e. The van der Waals surface area contributed by atoms with E-state index in [1.54, 1.807) is 6.20 Å². The number of hydrogen-bond acceptors (Lipinski definition) is 4. The molecule has 148 valence electrons. The number of fused-ring (bicyclic) bond motifs is 1. The number of aromatic nitrogens is 1. The van der Waals surface area contributed by atoms with E-state index in [1.807, 2.05) is 6.20 Å². The molecule has 3 aromatic rings. The van der Waals surface area contributed by atoms with Gasteiger partial charge in [0.1, 0.15) is 12.4 Å². The lowest BCUT2D eigenvalue weighted by molar-refractivity contribution is 0.217. The summed E-state index contributed by atoms with van der Waals surface area (Å²) in [4.78, 5) is 4.40. The maximum Gasteiger partial charge on any atom is 0.138 e. The van der Waals surface area contributed by atoms with Crippen LogP contribution in [-0.4, -0.2) is 30.2 Å². The number of pyridine rings is 1. The first kappa shape index (κ1) is 18.2. The molecule has 0 spiro atoms. The number of ether oxygens (including phenoxy) is 1. The van der Waals surface area contributed by atoms with Crippen molar-refractivity contribution in [2.24, 2.45) is 0 Å². The lowest BCUT2D eigenvalue weighted by Gasteiger charge is -2.27. The molecule has 2 aromatic carbocycles. The SMILES string of the molecule is c1cc(C[C@H]2CCc3ccccc3N2)cc(-c2cncc(OC[C@@H]3CCN3)c2)c1. The van der Waals surface area contributed by atoms with Crippen LogP contribution in [0.25, 0.3) is 11.1 Å². The zero-order chi connectivity index (χ0) is 19.5. The third kappa shape index (κ3) is 4.28. The molecule has 4 nitrogen and oxygen atoms in total. The van der Waals surface area contributed by atoms with Crippen molar-refractivity contribution in [2.75, 3.05) is 18.5 Å². The zero-order valence-electron chi connectivity index (χ0n) is 16.6. The minimum atomic E-state index is 0.475. The van der Waals surface area contributed by atoms with Gasteiger partial charge >= 0.3 is 0 Å². The van der Waals surface area contributed by atoms with E-state index in [9.17, 15) is 0 Å². The molecule has 1 saturated heterocycles. The summed E-state index contributed by atoms with van der Waals surface area (Å²) >= 11 is 0. The van der Waals surface area contributed by atoms with Crippen molar-refractivity contribution in [1.29, 1.82) is 0 Å². The van der Waals surface area contributed by atoms with Gasteiger partial charge in [-0.1, -0.05) is 42.5 Å². The molecule has 2 aliphatic heterocycles. The number of nitrogens with zero attached hydrogens (tertiary/aromatic N) is 1. The van der Waals surface area contributed by atoms with Gasteiger partial charge in [0.05, 0.1) is 6.20 Å². The van der Waals surface area contributed by atoms with E-state index in [-0.39, 0.29) is 0 Å². The second kappa shape index (κ2) is 8.26. The maximum absolute atomic E-state index is 5.92. The van der Waals surface area contributed by atoms with Crippen molar-refractivity contribution in [3.8, 4) is 16.9 Å². The van der Waals surface area contributed by atoms with Crippen molar-refractivity contribution < 1.29 is 4.74 Å². The third-order valence-corrected chi connectivity index (χ3v) is 5.97. The molecule has 5 rings (SSSR count). The molecule has 4 heteroatoms. The molecule has 0 amide bonds. The predicted octanol–water partition coefficient (Wildman–Crippen LogP) is 4.46. The first-order valence-corrected chi connectivity index (χ1v) is 10.6. The predicted molar refractivity (Wildman–Crippen MR) is 117 cm³/mol. The lowest BCUT2D eigenvalue weighted by Crippen LogP contribution is -2.46. The number of aryl methyl sites for hydroxylation is 1. The molecule has 2 aliphatic rings. The minimum absolute atomic E-state index is 0.475. The van der Waals surface area contributed by atoms with Crippen LogP contribution in [-0.2, 0) is 12.8 Å². The average Bonchev–Trinajstić information content (AvgIpc) is 2.73. The average molecular weight is 386 g/mol. The van der Waals surface area contributed by atoms with Crippen LogP contribution < -0.4 is 15.4 Å². The summed E-state index contributed by atoms with van der Waals surface area (Å²) in [6.07, 6.45) is 8.25. The molecule has 3 heterocycles. The number of nitrogens with one attached hydrogen (secondary N) is 2. The first-order chi connectivity index (χ1) is 14.3. The highest BCUT2D eigenvalue weighted by Crippen LogP contribution is 2.28. The Kier molecular flexibility index (Phi) is 5.18. The van der Waals surface area contributed by atoms with E-state index in [1.165, 1.54) is 35.2 Å². The maximum atomic E-state index is 5.92. The van der Waals surface area contributed by atoms with Gasteiger partial charge in [-0.15, -0.1) is 0 Å². The summed E-state index contributed by atoms with van der Waals surface area (Å²) in [7, 11) is 0. The number of benzene rings is 2. The molecule has 2 atom stereocenters. The molecular weight excluding hydrogens is 358 g/mol. The lowest BCUT2D eigenvalue weighted by atomic mass is 9.93. The van der Waals surface area contributed by atoms with Gasteiger partial charge < -0.3 is 15.4 Å². The Morgan fingerprint density at radius 1 is 0.931 bits per heavy atom. The Bertz CT molecular complexity index is 983. The van der Waals surface area contributed by atoms with Gasteiger partial charge in [-0.3, -0.25) is 4.98 Å². The van der Waals surface area contributed by atoms with Crippen LogP contribution in [0, 0.1) is 0 Å². The largest absolute Gasteiger partial charge is 0.490 e. The first-order valence-electron chi connectivity index (χ1n) is 10.6. The van der Waals surface area contributed by atoms with Crippen LogP contribution in [0.2, 0.25) is 0 Å². The molecule has 0 bridgehead atoms. The summed E-state index contributed by atoms with van der Waals surface area (Å²) in [5.74, 6) is 0.840. The summed E-state index contributed by atoms with van der Waals surface area (Å²) in [5.41, 5.74) is 6.36. The fourth-order valence-corrected chi connectivity index (χ4v) is 4.16. The van der Waals surface area contributed by atoms with E-state index in [2.05, 4.69) is 70.2 Å². The quantitative estimate of drug-likeness (QED) is 0.658. The topological polar surface area (TPSA) is 46.2 Å². The van der Waals surface area contributed by atoms with Crippen molar-refractivity contribution in [3.05, 3.63) is 78.1 Å². The van der Waals surface area contributed by atoms with E-state index >= 15 is 0 Å². The standard InChI is InChI=1S/C25H27N3O/c1-2-7-25-19(5-1)8-9-22(28-25)13-18-4-3-6-20(12-18)21-14-24(16-26-15-21)29-17-23-10-11-27-23/h1-7,12,14-16,22-23,27-28H,8-11,13,17H2/t22-,23+/m1/s1. The summed E-state index contributed by atoms with van der Waals surface area (Å²) in [6.45, 7) is 1.81. The molecule has 29 heavy (non-hydrogen) atoms. The highest BCUT2D eigenvalue weighted by Gasteiger charge is 2.18. The van der Waals surface area contributed by atoms with Gasteiger partial charge in [-0.05, 0) is 61.1 Å². The molecule has 0 radical (unpaired) electrons. The molecule has 0 aliphatic carbocycles. The Labute approximate surface area is 172 Å². The Morgan fingerprint density at radius 2 is 1.86 bits per heavy atom. The van der Waals surface area contributed by atoms with Gasteiger partial charge in [-0.25, -0.2) is 0 Å². The molecule has 1 fully saturated rings. The van der Waals surface area contributed by atoms with Crippen molar-refractivity contribution >= 4 is 5.69 Å². The summed E-state index contributed by atoms with van der Waals surface area (Å²) < 4.78 is 5.92. The fraction of sp³-hybridized carbons (Fsp3) is 0.320. The van der Waals surface area contributed by atoms with E-state index < -0.39 is 0 Å². The molecule has 0 saturated carbocycles. The second-order valence-corrected chi connectivity index (χ2v) is 8.10. The van der Waals surface area contributed by atoms with Crippen molar-refractivity contribution in [3.63, 3.8) is 0 Å². The number of hydrogen-bond donors (Lipinski definition) is 2. The molecular formula is C25H27N3O. The van der Waals surface area contributed by atoms with Gasteiger partial charge in [0.2, 0.25) is 0 Å². The summed E-state index contributed by atoms with van der Waals surface area (Å²) in [5, 5.41) is 7.08. The van der Waals surface area contributed by atoms with Crippen molar-refractivity contribution in [2.45, 2.75) is 37.8 Å². The van der Waals surface area contributed by atoms with Gasteiger partial charge in [-0.2, -0.15) is 0 Å². The van der Waals surface area contributed by atoms with Gasteiger partial charge in [0, 0.05) is 29.5 Å². The number of anilines is 1. The second-order valence-electron chi connectivity index (χ2n) is 8.10. The van der Waals surface area contributed by atoms with Gasteiger partial charge in [0.25, 0.3) is 0 Å². The Morgan fingerprint density at radius 3 is 2.76 bits per heavy atom. The third-order valence-electron chi connectivity index (χ3n) is 5.97. The summed E-state index contributed by atoms with van der Waals surface area (Å²) in [6, 6.07) is 20.5. The molecule has 1 aromatic heterocycles. The van der Waals surface area contributed by atoms with E-state index in [0.29, 0.717) is 18.7 Å². The number of rotatable bonds is 6.